The lowest BCUT2D eigenvalue weighted by molar-refractivity contribution is -0.124. The van der Waals surface area contributed by atoms with Gasteiger partial charge < -0.3 is 15.8 Å². The Bertz CT molecular complexity index is 597. The fraction of sp³-hybridized carbons (Fsp3) is 0.667. The van der Waals surface area contributed by atoms with E-state index in [9.17, 15) is 9.18 Å². The van der Waals surface area contributed by atoms with E-state index in [0.717, 1.165) is 31.2 Å². The summed E-state index contributed by atoms with van der Waals surface area (Å²) >= 11 is 0. The number of rotatable bonds is 6. The molecule has 0 radical (unpaired) electrons. The number of halogens is 2. The Hall–Kier alpha value is -1.17. The highest BCUT2D eigenvalue weighted by molar-refractivity contribution is 5.85. The molecule has 0 atom stereocenters. The Labute approximate surface area is 167 Å². The van der Waals surface area contributed by atoms with Crippen molar-refractivity contribution in [3.05, 3.63) is 35.6 Å². The van der Waals surface area contributed by atoms with Gasteiger partial charge in [0.1, 0.15) is 5.82 Å². The molecule has 3 rings (SSSR count). The summed E-state index contributed by atoms with van der Waals surface area (Å²) in [5.74, 6) is -0.146. The van der Waals surface area contributed by atoms with Gasteiger partial charge >= 0.3 is 0 Å². The first-order valence-electron chi connectivity index (χ1n) is 9.88. The molecule has 2 aliphatic rings. The van der Waals surface area contributed by atoms with Crippen molar-refractivity contribution < 1.29 is 13.9 Å². The second-order valence-corrected chi connectivity index (χ2v) is 8.12. The minimum atomic E-state index is -0.234. The van der Waals surface area contributed by atoms with Gasteiger partial charge in [0, 0.05) is 31.6 Å². The number of amides is 1. The van der Waals surface area contributed by atoms with Gasteiger partial charge in [-0.15, -0.1) is 12.4 Å². The van der Waals surface area contributed by atoms with Crippen LogP contribution in [0.4, 0.5) is 4.39 Å². The first kappa shape index (κ1) is 22.1. The van der Waals surface area contributed by atoms with Crippen LogP contribution in [-0.2, 0) is 14.9 Å². The average Bonchev–Trinajstić information content (AvgIpc) is 2.68. The topological polar surface area (TPSA) is 64.4 Å². The number of carbonyl (C=O) groups is 1. The van der Waals surface area contributed by atoms with Gasteiger partial charge in [-0.3, -0.25) is 4.79 Å². The first-order chi connectivity index (χ1) is 12.6. The molecule has 1 amide bonds. The van der Waals surface area contributed by atoms with Crippen molar-refractivity contribution in [3.8, 4) is 0 Å². The quantitative estimate of drug-likeness (QED) is 0.767. The molecule has 4 nitrogen and oxygen atoms in total. The third kappa shape index (κ3) is 5.43. The highest BCUT2D eigenvalue weighted by Gasteiger charge is 2.37. The van der Waals surface area contributed by atoms with Crippen molar-refractivity contribution in [2.75, 3.05) is 26.3 Å². The maximum absolute atomic E-state index is 13.3. The zero-order valence-corrected chi connectivity index (χ0v) is 16.8. The van der Waals surface area contributed by atoms with Gasteiger partial charge in [0.15, 0.2) is 0 Å². The largest absolute Gasteiger partial charge is 0.381 e. The van der Waals surface area contributed by atoms with Crippen molar-refractivity contribution in [2.45, 2.75) is 56.8 Å². The molecule has 1 aliphatic heterocycles. The molecule has 1 aliphatic carbocycles. The summed E-state index contributed by atoms with van der Waals surface area (Å²) in [6.07, 6.45) is 7.86. The van der Waals surface area contributed by atoms with Crippen LogP contribution < -0.4 is 11.1 Å². The molecule has 3 N–H and O–H groups in total. The molecule has 0 unspecified atom stereocenters. The summed E-state index contributed by atoms with van der Waals surface area (Å²) in [6, 6.07) is 6.68. The molecule has 1 saturated heterocycles. The number of benzene rings is 1. The summed E-state index contributed by atoms with van der Waals surface area (Å²) in [5.41, 5.74) is 6.90. The Kier molecular flexibility index (Phi) is 8.07. The smallest absolute Gasteiger partial charge is 0.220 e. The number of hydrogen-bond acceptors (Lipinski definition) is 3. The molecule has 0 aromatic heterocycles. The van der Waals surface area contributed by atoms with Crippen molar-refractivity contribution in [1.82, 2.24) is 5.32 Å². The Morgan fingerprint density at radius 1 is 1.07 bits per heavy atom. The SMILES string of the molecule is Cl.NCC1(CC(=O)NCC2(c3ccc(F)cc3)CCOCC2)CCCCC1. The Morgan fingerprint density at radius 2 is 1.70 bits per heavy atom. The lowest BCUT2D eigenvalue weighted by atomic mass is 9.71. The van der Waals surface area contributed by atoms with Gasteiger partial charge in [0.25, 0.3) is 0 Å². The normalized spacial score (nSPS) is 21.1. The van der Waals surface area contributed by atoms with E-state index >= 15 is 0 Å². The third-order valence-corrected chi connectivity index (χ3v) is 6.41. The summed E-state index contributed by atoms with van der Waals surface area (Å²) in [6.45, 7) is 2.48. The molecule has 1 aromatic rings. The summed E-state index contributed by atoms with van der Waals surface area (Å²) in [5, 5.41) is 3.17. The highest BCUT2D eigenvalue weighted by Crippen LogP contribution is 2.39. The third-order valence-electron chi connectivity index (χ3n) is 6.41. The molecule has 27 heavy (non-hydrogen) atoms. The molecule has 1 aromatic carbocycles. The summed E-state index contributed by atoms with van der Waals surface area (Å²) in [7, 11) is 0. The van der Waals surface area contributed by atoms with E-state index in [2.05, 4.69) is 5.32 Å². The van der Waals surface area contributed by atoms with Crippen LogP contribution in [0.1, 0.15) is 56.9 Å². The number of hydrogen-bond donors (Lipinski definition) is 2. The predicted molar refractivity (Wildman–Crippen MR) is 108 cm³/mol. The molecule has 1 heterocycles. The second-order valence-electron chi connectivity index (χ2n) is 8.12. The fourth-order valence-corrected chi connectivity index (χ4v) is 4.56. The number of carbonyl (C=O) groups excluding carboxylic acids is 1. The first-order valence-corrected chi connectivity index (χ1v) is 9.88. The second kappa shape index (κ2) is 9.85. The lowest BCUT2D eigenvalue weighted by Crippen LogP contribution is -2.46. The summed E-state index contributed by atoms with van der Waals surface area (Å²) in [4.78, 5) is 12.7. The standard InChI is InChI=1S/C21H31FN2O2.ClH/c22-18-6-4-17(5-7-18)21(10-12-26-13-11-21)16-24-19(25)14-20(15-23)8-2-1-3-9-20;/h4-7H,1-3,8-16,23H2,(H,24,25);1H. The fourth-order valence-electron chi connectivity index (χ4n) is 4.56. The van der Waals surface area contributed by atoms with E-state index in [0.29, 0.717) is 32.7 Å². The summed E-state index contributed by atoms with van der Waals surface area (Å²) < 4.78 is 18.9. The average molecular weight is 399 g/mol. The van der Waals surface area contributed by atoms with Gasteiger partial charge in [-0.05, 0) is 55.3 Å². The molecule has 0 bridgehead atoms. The van der Waals surface area contributed by atoms with Crippen LogP contribution in [0.15, 0.2) is 24.3 Å². The lowest BCUT2D eigenvalue weighted by Gasteiger charge is -2.39. The minimum absolute atomic E-state index is 0. The van der Waals surface area contributed by atoms with E-state index in [4.69, 9.17) is 10.5 Å². The molecule has 6 heteroatoms. The molecule has 152 valence electrons. The molecular formula is C21H32ClFN2O2. The van der Waals surface area contributed by atoms with Crippen molar-refractivity contribution in [2.24, 2.45) is 11.1 Å². The number of nitrogens with one attached hydrogen (secondary N) is 1. The Morgan fingerprint density at radius 3 is 2.30 bits per heavy atom. The molecule has 0 spiro atoms. The molecule has 2 fully saturated rings. The predicted octanol–water partition coefficient (Wildman–Crippen LogP) is 3.71. The maximum atomic E-state index is 13.3. The van der Waals surface area contributed by atoms with E-state index in [-0.39, 0.29) is 35.0 Å². The Balaban J connectivity index is 0.00000261. The van der Waals surface area contributed by atoms with Crippen molar-refractivity contribution >= 4 is 18.3 Å². The van der Waals surface area contributed by atoms with E-state index in [1.54, 1.807) is 0 Å². The van der Waals surface area contributed by atoms with Crippen LogP contribution in [0.5, 0.6) is 0 Å². The van der Waals surface area contributed by atoms with Crippen LogP contribution in [0.3, 0.4) is 0 Å². The van der Waals surface area contributed by atoms with E-state index in [1.165, 1.54) is 31.4 Å². The van der Waals surface area contributed by atoms with Gasteiger partial charge in [0.05, 0.1) is 0 Å². The van der Waals surface area contributed by atoms with E-state index < -0.39 is 0 Å². The van der Waals surface area contributed by atoms with Gasteiger partial charge in [-0.2, -0.15) is 0 Å². The maximum Gasteiger partial charge on any atom is 0.220 e. The molecule has 1 saturated carbocycles. The van der Waals surface area contributed by atoms with Crippen LogP contribution in [0.25, 0.3) is 0 Å². The molecular weight excluding hydrogens is 367 g/mol. The van der Waals surface area contributed by atoms with Crippen LogP contribution >= 0.6 is 12.4 Å². The van der Waals surface area contributed by atoms with Crippen LogP contribution in [-0.4, -0.2) is 32.2 Å². The van der Waals surface area contributed by atoms with Crippen LogP contribution in [0.2, 0.25) is 0 Å². The zero-order chi connectivity index (χ0) is 18.5. The zero-order valence-electron chi connectivity index (χ0n) is 16.0. The minimum Gasteiger partial charge on any atom is -0.381 e. The van der Waals surface area contributed by atoms with Gasteiger partial charge in [-0.1, -0.05) is 31.4 Å². The van der Waals surface area contributed by atoms with Gasteiger partial charge in [0.2, 0.25) is 5.91 Å². The number of ether oxygens (including phenoxy) is 1. The number of nitrogens with two attached hydrogens (primary N) is 1. The highest BCUT2D eigenvalue weighted by atomic mass is 35.5. The van der Waals surface area contributed by atoms with Crippen molar-refractivity contribution in [3.63, 3.8) is 0 Å². The van der Waals surface area contributed by atoms with Gasteiger partial charge in [-0.25, -0.2) is 4.39 Å². The van der Waals surface area contributed by atoms with E-state index in [1.807, 2.05) is 12.1 Å². The monoisotopic (exact) mass is 398 g/mol. The van der Waals surface area contributed by atoms with Crippen molar-refractivity contribution in [1.29, 1.82) is 0 Å². The van der Waals surface area contributed by atoms with Crippen LogP contribution in [0, 0.1) is 11.2 Å².